The molecule has 5 rings (SSSR count). The smallest absolute Gasteiger partial charge is 0.416 e. The van der Waals surface area contributed by atoms with Gasteiger partial charge in [-0.15, -0.1) is 0 Å². The van der Waals surface area contributed by atoms with Crippen molar-refractivity contribution in [3.8, 4) is 11.6 Å². The van der Waals surface area contributed by atoms with Crippen LogP contribution < -0.4 is 9.64 Å². The molecule has 6 nitrogen and oxygen atoms in total. The molecule has 36 heavy (non-hydrogen) atoms. The minimum absolute atomic E-state index is 0.207. The average molecular weight is 497 g/mol. The topological polar surface area (TPSA) is 58.6 Å². The molecule has 9 heteroatoms. The maximum absolute atomic E-state index is 13.1. The highest BCUT2D eigenvalue weighted by atomic mass is 19.4. The molecular weight excluding hydrogens is 469 g/mol. The van der Waals surface area contributed by atoms with E-state index in [1.807, 2.05) is 31.2 Å². The summed E-state index contributed by atoms with van der Waals surface area (Å²) in [7, 11) is 0. The number of anilines is 1. The first-order valence-electron chi connectivity index (χ1n) is 12.1. The Morgan fingerprint density at radius 2 is 1.61 bits per heavy atom. The average Bonchev–Trinajstić information content (AvgIpc) is 2.89. The number of fused-ring (bicyclic) bond motifs is 1. The molecule has 1 saturated heterocycles. The zero-order valence-electron chi connectivity index (χ0n) is 20.0. The van der Waals surface area contributed by atoms with Crippen LogP contribution in [0.2, 0.25) is 0 Å². The van der Waals surface area contributed by atoms with Crippen LogP contribution >= 0.6 is 0 Å². The van der Waals surface area contributed by atoms with Crippen molar-refractivity contribution in [3.05, 3.63) is 76.5 Å². The van der Waals surface area contributed by atoms with E-state index in [0.29, 0.717) is 30.5 Å². The molecular formula is C27H27F3N4O2. The van der Waals surface area contributed by atoms with E-state index in [-0.39, 0.29) is 18.0 Å². The normalized spacial score (nSPS) is 16.0. The van der Waals surface area contributed by atoms with Crippen molar-refractivity contribution in [2.75, 3.05) is 24.5 Å². The maximum atomic E-state index is 13.1. The Balaban J connectivity index is 1.44. The molecule has 0 N–H and O–H groups in total. The fourth-order valence-electron chi connectivity index (χ4n) is 4.57. The number of hydrogen-bond acceptors (Lipinski definition) is 5. The number of piperidine rings is 1. The van der Waals surface area contributed by atoms with Crippen LogP contribution in [0.4, 0.5) is 19.1 Å². The molecule has 1 fully saturated rings. The van der Waals surface area contributed by atoms with E-state index >= 15 is 0 Å². The Labute approximate surface area is 207 Å². The number of nitrogens with zero attached hydrogens (tertiary/aromatic N) is 4. The van der Waals surface area contributed by atoms with Crippen molar-refractivity contribution in [2.24, 2.45) is 0 Å². The van der Waals surface area contributed by atoms with Gasteiger partial charge in [-0.25, -0.2) is 4.98 Å². The highest BCUT2D eigenvalue weighted by molar-refractivity contribution is 5.94. The second kappa shape index (κ2) is 9.79. The van der Waals surface area contributed by atoms with Crippen molar-refractivity contribution in [1.82, 2.24) is 14.9 Å². The number of carbonyl (C=O) groups excluding carboxylic acids is 1. The van der Waals surface area contributed by atoms with Gasteiger partial charge < -0.3 is 14.5 Å². The van der Waals surface area contributed by atoms with E-state index in [1.165, 1.54) is 18.6 Å². The molecule has 188 valence electrons. The third-order valence-corrected chi connectivity index (χ3v) is 6.63. The summed E-state index contributed by atoms with van der Waals surface area (Å²) >= 11 is 0. The second-order valence-electron chi connectivity index (χ2n) is 9.27. The lowest BCUT2D eigenvalue weighted by Crippen LogP contribution is -2.37. The number of alkyl halides is 3. The third-order valence-electron chi connectivity index (χ3n) is 6.63. The second-order valence-corrected chi connectivity index (χ2v) is 9.27. The van der Waals surface area contributed by atoms with E-state index in [9.17, 15) is 18.0 Å². The number of rotatable bonds is 4. The third kappa shape index (κ3) is 5.15. The van der Waals surface area contributed by atoms with E-state index in [0.717, 1.165) is 54.9 Å². The van der Waals surface area contributed by atoms with E-state index in [2.05, 4.69) is 4.90 Å². The Morgan fingerprint density at radius 3 is 2.28 bits per heavy atom. The summed E-state index contributed by atoms with van der Waals surface area (Å²) in [6.07, 6.45) is -0.574. The van der Waals surface area contributed by atoms with Crippen LogP contribution in [0.5, 0.6) is 11.6 Å². The van der Waals surface area contributed by atoms with Crippen LogP contribution in [-0.4, -0.2) is 40.4 Å². The van der Waals surface area contributed by atoms with E-state index in [1.54, 1.807) is 4.90 Å². The van der Waals surface area contributed by atoms with Crippen molar-refractivity contribution in [3.63, 3.8) is 0 Å². The minimum Gasteiger partial charge on any atom is -0.438 e. The SMILES string of the molecule is Cc1ccc(Oc2nc(N3CCCCC3)nc3c2CN(C(=O)c2ccc(C(F)(F)F)cc2)CC3)cc1. The fraction of sp³-hybridized carbons (Fsp3) is 0.370. The molecule has 0 radical (unpaired) electrons. The molecule has 0 bridgehead atoms. The largest absolute Gasteiger partial charge is 0.438 e. The van der Waals surface area contributed by atoms with Gasteiger partial charge in [0.05, 0.1) is 23.4 Å². The summed E-state index contributed by atoms with van der Waals surface area (Å²) in [5, 5.41) is 0. The molecule has 3 aromatic rings. The molecule has 0 aliphatic carbocycles. The van der Waals surface area contributed by atoms with Crippen LogP contribution in [-0.2, 0) is 19.1 Å². The zero-order chi connectivity index (χ0) is 25.3. The molecule has 2 aliphatic rings. The van der Waals surface area contributed by atoms with Crippen molar-refractivity contribution < 1.29 is 22.7 Å². The predicted octanol–water partition coefficient (Wildman–Crippen LogP) is 5.78. The highest BCUT2D eigenvalue weighted by Crippen LogP contribution is 2.33. The summed E-state index contributed by atoms with van der Waals surface area (Å²) in [6.45, 7) is 4.40. The Hall–Kier alpha value is -3.62. The number of hydrogen-bond donors (Lipinski definition) is 0. The molecule has 2 aliphatic heterocycles. The van der Waals surface area contributed by atoms with Gasteiger partial charge in [0.2, 0.25) is 11.8 Å². The molecule has 0 saturated carbocycles. The van der Waals surface area contributed by atoms with Crippen LogP contribution in [0, 0.1) is 6.92 Å². The Kier molecular flexibility index (Phi) is 6.55. The number of aromatic nitrogens is 2. The van der Waals surface area contributed by atoms with Crippen LogP contribution in [0.1, 0.15) is 52.0 Å². The van der Waals surface area contributed by atoms with Gasteiger partial charge >= 0.3 is 6.18 Å². The molecule has 0 atom stereocenters. The van der Waals surface area contributed by atoms with Gasteiger partial charge in [0, 0.05) is 31.6 Å². The number of halogens is 3. The molecule has 2 aromatic carbocycles. The van der Waals surface area contributed by atoms with E-state index < -0.39 is 11.7 Å². The van der Waals surface area contributed by atoms with Gasteiger partial charge in [-0.3, -0.25) is 4.79 Å². The Morgan fingerprint density at radius 1 is 0.917 bits per heavy atom. The molecule has 0 unspecified atom stereocenters. The number of carbonyl (C=O) groups is 1. The van der Waals surface area contributed by atoms with Crippen molar-refractivity contribution in [1.29, 1.82) is 0 Å². The van der Waals surface area contributed by atoms with Gasteiger partial charge in [-0.2, -0.15) is 18.2 Å². The van der Waals surface area contributed by atoms with Gasteiger partial charge in [0.25, 0.3) is 5.91 Å². The van der Waals surface area contributed by atoms with Gasteiger partial charge in [0.1, 0.15) is 5.75 Å². The number of aryl methyl sites for hydroxylation is 1. The molecule has 1 amide bonds. The Bertz CT molecular complexity index is 1240. The van der Waals surface area contributed by atoms with Crippen LogP contribution in [0.3, 0.4) is 0 Å². The summed E-state index contributed by atoms with van der Waals surface area (Å²) in [6, 6.07) is 12.0. The number of benzene rings is 2. The number of amides is 1. The first-order valence-corrected chi connectivity index (χ1v) is 12.1. The van der Waals surface area contributed by atoms with Gasteiger partial charge in [-0.05, 0) is 62.6 Å². The lowest BCUT2D eigenvalue weighted by Gasteiger charge is -2.32. The van der Waals surface area contributed by atoms with Crippen molar-refractivity contribution >= 4 is 11.9 Å². The highest BCUT2D eigenvalue weighted by Gasteiger charge is 2.32. The van der Waals surface area contributed by atoms with E-state index in [4.69, 9.17) is 14.7 Å². The van der Waals surface area contributed by atoms with Gasteiger partial charge in [-0.1, -0.05) is 17.7 Å². The maximum Gasteiger partial charge on any atom is 0.416 e. The van der Waals surface area contributed by atoms with Crippen LogP contribution in [0.15, 0.2) is 48.5 Å². The van der Waals surface area contributed by atoms with Crippen molar-refractivity contribution in [2.45, 2.75) is 45.3 Å². The molecule has 3 heterocycles. The minimum atomic E-state index is -4.45. The lowest BCUT2D eigenvalue weighted by atomic mass is 10.0. The molecule has 0 spiro atoms. The monoisotopic (exact) mass is 496 g/mol. The quantitative estimate of drug-likeness (QED) is 0.458. The summed E-state index contributed by atoms with van der Waals surface area (Å²) < 4.78 is 45.0. The van der Waals surface area contributed by atoms with Gasteiger partial charge in [0.15, 0.2) is 0 Å². The summed E-state index contributed by atoms with van der Waals surface area (Å²) in [5.41, 5.74) is 2.09. The summed E-state index contributed by atoms with van der Waals surface area (Å²) in [4.78, 5) is 26.5. The zero-order valence-corrected chi connectivity index (χ0v) is 20.0. The molecule has 1 aromatic heterocycles. The number of ether oxygens (including phenoxy) is 1. The fourth-order valence-corrected chi connectivity index (χ4v) is 4.57. The first kappa shape index (κ1) is 24.1. The van der Waals surface area contributed by atoms with Crippen LogP contribution in [0.25, 0.3) is 0 Å². The summed E-state index contributed by atoms with van der Waals surface area (Å²) in [5.74, 6) is 1.35. The standard InChI is InChI=1S/C27H27F3N4O2/c1-18-5-11-21(12-6-18)36-24-22-17-34(25(35)19-7-9-20(10-8-19)27(28,29)30)16-13-23(22)31-26(32-24)33-14-3-2-4-15-33/h5-12H,2-4,13-17H2,1H3. The predicted molar refractivity (Wildman–Crippen MR) is 129 cm³/mol. The first-order chi connectivity index (χ1) is 17.3. The lowest BCUT2D eigenvalue weighted by molar-refractivity contribution is -0.137.